The van der Waals surface area contributed by atoms with Crippen molar-refractivity contribution in [3.63, 3.8) is 0 Å². The minimum Gasteiger partial charge on any atom is -0.444 e. The van der Waals surface area contributed by atoms with Crippen LogP contribution in [0.5, 0.6) is 0 Å². The Hall–Kier alpha value is -4.32. The molecule has 0 N–H and O–H groups in total. The molecule has 1 aromatic carbocycles. The number of amides is 3. The van der Waals surface area contributed by atoms with Crippen LogP contribution in [-0.2, 0) is 14.3 Å². The van der Waals surface area contributed by atoms with Crippen LogP contribution in [0, 0.1) is 17.7 Å². The number of carbonyl (C=O) groups excluding carboxylic acids is 4. The number of morpholine rings is 1. The standard InChI is InChI=1S/C38H46FN5O6/c1-22-20-49-21-23(2)43(22)35(46)29-17-26(39)7-9-31(29)42-19-30(28-10-13-40-18-32(28)42)34(45)24-11-14-41(15-12-24)36(47)33-25-6-8-27(16-25)44(33)37(48)50-38(3,4)5/h7,9-10,13,17-19,22-25,27,33H,6,8,11-12,14-16,20-21H2,1-5H3/t22-,23+,25-,27+,33-/m0/s1. The number of pyridine rings is 1. The highest BCUT2D eigenvalue weighted by Gasteiger charge is 2.53. The molecule has 3 aromatic rings. The lowest BCUT2D eigenvalue weighted by molar-refractivity contribution is -0.139. The van der Waals surface area contributed by atoms with Gasteiger partial charge in [-0.15, -0.1) is 0 Å². The van der Waals surface area contributed by atoms with Gasteiger partial charge >= 0.3 is 6.09 Å². The molecule has 1 saturated carbocycles. The number of ketones is 1. The number of ether oxygens (including phenoxy) is 2. The van der Waals surface area contributed by atoms with Gasteiger partial charge in [0.2, 0.25) is 5.91 Å². The SMILES string of the molecule is C[C@@H]1COC[C@H](C)N1C(=O)c1cc(F)ccc1-n1cc(C(=O)C2CCN(C(=O)[C@@H]3[C@H]4CC[C@H](C4)N3C(=O)OC(C)(C)C)CC2)c2ccncc21. The fourth-order valence-corrected chi connectivity index (χ4v) is 8.56. The van der Waals surface area contributed by atoms with Gasteiger partial charge in [-0.05, 0) is 96.9 Å². The molecular formula is C38H46FN5O6. The van der Waals surface area contributed by atoms with Crippen molar-refractivity contribution in [2.45, 2.75) is 96.5 Å². The molecule has 2 aromatic heterocycles. The number of piperidine rings is 2. The normalized spacial score (nSPS) is 25.7. The summed E-state index contributed by atoms with van der Waals surface area (Å²) in [6.45, 7) is 10.9. The second-order valence-electron chi connectivity index (χ2n) is 15.4. The van der Waals surface area contributed by atoms with Gasteiger partial charge in [0.25, 0.3) is 5.91 Å². The lowest BCUT2D eigenvalue weighted by Crippen LogP contribution is -2.56. The zero-order chi connectivity index (χ0) is 35.5. The van der Waals surface area contributed by atoms with Crippen molar-refractivity contribution in [2.75, 3.05) is 26.3 Å². The summed E-state index contributed by atoms with van der Waals surface area (Å²) in [5.41, 5.74) is 1.12. The summed E-state index contributed by atoms with van der Waals surface area (Å²) in [6.07, 6.45) is 8.17. The molecule has 266 valence electrons. The number of rotatable bonds is 5. The number of hydrogen-bond donors (Lipinski definition) is 0. The van der Waals surface area contributed by atoms with Crippen molar-refractivity contribution >= 4 is 34.6 Å². The summed E-state index contributed by atoms with van der Waals surface area (Å²) in [7, 11) is 0. The van der Waals surface area contributed by atoms with Gasteiger partial charge in [-0.1, -0.05) is 0 Å². The number of nitrogens with zero attached hydrogens (tertiary/aromatic N) is 5. The molecule has 0 unspecified atom stereocenters. The highest BCUT2D eigenvalue weighted by Crippen LogP contribution is 2.44. The molecule has 3 saturated heterocycles. The molecule has 0 radical (unpaired) electrons. The Morgan fingerprint density at radius 2 is 1.66 bits per heavy atom. The van der Waals surface area contributed by atoms with Crippen molar-refractivity contribution in [3.8, 4) is 5.69 Å². The van der Waals surface area contributed by atoms with Gasteiger partial charge in [0, 0.05) is 48.4 Å². The van der Waals surface area contributed by atoms with Crippen LogP contribution >= 0.6 is 0 Å². The van der Waals surface area contributed by atoms with Crippen molar-refractivity contribution in [2.24, 2.45) is 11.8 Å². The number of carbonyl (C=O) groups is 4. The van der Waals surface area contributed by atoms with Gasteiger partial charge in [-0.3, -0.25) is 24.3 Å². The zero-order valence-electron chi connectivity index (χ0n) is 29.4. The summed E-state index contributed by atoms with van der Waals surface area (Å²) in [4.78, 5) is 64.8. The number of benzene rings is 1. The lowest BCUT2D eigenvalue weighted by atomic mass is 9.88. The predicted octanol–water partition coefficient (Wildman–Crippen LogP) is 5.62. The molecular weight excluding hydrogens is 641 g/mol. The van der Waals surface area contributed by atoms with Gasteiger partial charge < -0.3 is 23.8 Å². The topological polar surface area (TPSA) is 114 Å². The van der Waals surface area contributed by atoms with Gasteiger partial charge in [0.1, 0.15) is 17.5 Å². The van der Waals surface area contributed by atoms with Crippen molar-refractivity contribution in [1.82, 2.24) is 24.3 Å². The van der Waals surface area contributed by atoms with Crippen molar-refractivity contribution in [1.29, 1.82) is 0 Å². The Balaban J connectivity index is 1.11. The lowest BCUT2D eigenvalue weighted by Gasteiger charge is -2.39. The van der Waals surface area contributed by atoms with E-state index in [4.69, 9.17) is 9.47 Å². The van der Waals surface area contributed by atoms with Gasteiger partial charge in [-0.25, -0.2) is 9.18 Å². The summed E-state index contributed by atoms with van der Waals surface area (Å²) in [5, 5.41) is 0.689. The van der Waals surface area contributed by atoms with E-state index in [0.717, 1.165) is 19.3 Å². The molecule has 5 heterocycles. The van der Waals surface area contributed by atoms with E-state index in [1.54, 1.807) is 45.1 Å². The number of likely N-dealkylation sites (tertiary alicyclic amines) is 2. The first-order valence-corrected chi connectivity index (χ1v) is 17.8. The van der Waals surface area contributed by atoms with Gasteiger partial charge in [0.15, 0.2) is 5.78 Å². The third kappa shape index (κ3) is 6.16. The molecule has 4 aliphatic rings. The molecule has 2 bridgehead atoms. The van der Waals surface area contributed by atoms with Gasteiger partial charge in [-0.2, -0.15) is 0 Å². The molecule has 7 rings (SSSR count). The molecule has 1 aliphatic carbocycles. The second-order valence-corrected chi connectivity index (χ2v) is 15.4. The quantitative estimate of drug-likeness (QED) is 0.320. The summed E-state index contributed by atoms with van der Waals surface area (Å²) in [6, 6.07) is 5.03. The Morgan fingerprint density at radius 3 is 2.36 bits per heavy atom. The highest BCUT2D eigenvalue weighted by atomic mass is 19.1. The number of Topliss-reactive ketones (excluding diaryl/α,β-unsaturated/α-hetero) is 1. The molecule has 11 nitrogen and oxygen atoms in total. The maximum absolute atomic E-state index is 14.7. The summed E-state index contributed by atoms with van der Waals surface area (Å²) < 4.78 is 27.8. The minimum atomic E-state index is -0.655. The first-order valence-electron chi connectivity index (χ1n) is 17.8. The van der Waals surface area contributed by atoms with Crippen molar-refractivity contribution < 1.29 is 33.0 Å². The molecule has 0 spiro atoms. The van der Waals surface area contributed by atoms with Crippen LogP contribution in [0.3, 0.4) is 0 Å². The summed E-state index contributed by atoms with van der Waals surface area (Å²) in [5.74, 6) is -1.15. The molecule has 3 amide bonds. The third-order valence-electron chi connectivity index (χ3n) is 10.8. The number of hydrogen-bond acceptors (Lipinski definition) is 7. The average molecular weight is 688 g/mol. The Bertz CT molecular complexity index is 1820. The van der Waals surface area contributed by atoms with Gasteiger partial charge in [0.05, 0.1) is 48.3 Å². The fourth-order valence-electron chi connectivity index (χ4n) is 8.56. The number of aromatic nitrogens is 2. The Labute approximate surface area is 291 Å². The van der Waals surface area contributed by atoms with E-state index in [-0.39, 0.29) is 53.1 Å². The molecule has 12 heteroatoms. The largest absolute Gasteiger partial charge is 0.444 e. The van der Waals surface area contributed by atoms with Crippen LogP contribution in [0.2, 0.25) is 0 Å². The highest BCUT2D eigenvalue weighted by molar-refractivity contribution is 6.10. The van der Waals surface area contributed by atoms with Crippen molar-refractivity contribution in [3.05, 3.63) is 59.8 Å². The first-order chi connectivity index (χ1) is 23.8. The predicted molar refractivity (Wildman–Crippen MR) is 184 cm³/mol. The van der Waals surface area contributed by atoms with E-state index in [0.29, 0.717) is 61.3 Å². The molecule has 3 aliphatic heterocycles. The fraction of sp³-hybridized carbons (Fsp3) is 0.553. The van der Waals surface area contributed by atoms with E-state index >= 15 is 0 Å². The van der Waals surface area contributed by atoms with Crippen LogP contribution in [0.25, 0.3) is 16.6 Å². The monoisotopic (exact) mass is 687 g/mol. The molecule has 4 fully saturated rings. The Kier molecular flexibility index (Phi) is 8.94. The third-order valence-corrected chi connectivity index (χ3v) is 10.8. The van der Waals surface area contributed by atoms with Crippen LogP contribution < -0.4 is 0 Å². The van der Waals surface area contributed by atoms with Crippen LogP contribution in [-0.4, -0.2) is 104 Å². The maximum atomic E-state index is 14.7. The number of fused-ring (bicyclic) bond motifs is 3. The number of halogens is 1. The van der Waals surface area contributed by atoms with Crippen LogP contribution in [0.4, 0.5) is 9.18 Å². The Morgan fingerprint density at radius 1 is 0.940 bits per heavy atom. The smallest absolute Gasteiger partial charge is 0.411 e. The maximum Gasteiger partial charge on any atom is 0.411 e. The summed E-state index contributed by atoms with van der Waals surface area (Å²) >= 11 is 0. The first kappa shape index (κ1) is 34.1. The average Bonchev–Trinajstić information content (AvgIpc) is 3.81. The van der Waals surface area contributed by atoms with Crippen LogP contribution in [0.1, 0.15) is 87.4 Å². The van der Waals surface area contributed by atoms with E-state index < -0.39 is 23.6 Å². The second kappa shape index (κ2) is 13.1. The van der Waals surface area contributed by atoms with E-state index in [2.05, 4.69) is 4.98 Å². The van der Waals surface area contributed by atoms with Crippen LogP contribution in [0.15, 0.2) is 42.9 Å². The van der Waals surface area contributed by atoms with E-state index in [9.17, 15) is 23.6 Å². The van der Waals surface area contributed by atoms with E-state index in [1.165, 1.54) is 12.1 Å². The van der Waals surface area contributed by atoms with E-state index in [1.807, 2.05) is 39.5 Å². The molecule has 5 atom stereocenters. The zero-order valence-corrected chi connectivity index (χ0v) is 29.4. The minimum absolute atomic E-state index is 0.0207. The molecule has 50 heavy (non-hydrogen) atoms.